The maximum absolute atomic E-state index is 6.45. The van der Waals surface area contributed by atoms with E-state index in [9.17, 15) is 0 Å². The van der Waals surface area contributed by atoms with Crippen LogP contribution in [0.5, 0.6) is 0 Å². The van der Waals surface area contributed by atoms with Crippen LogP contribution in [0.3, 0.4) is 0 Å². The highest BCUT2D eigenvalue weighted by molar-refractivity contribution is 6.31. The predicted octanol–water partition coefficient (Wildman–Crippen LogP) is 3.59. The first-order chi connectivity index (χ1) is 10.3. The topological polar surface area (TPSA) is 32.4 Å². The number of para-hydroxylation sites is 1. The van der Waals surface area contributed by atoms with Crippen LogP contribution in [0.25, 0.3) is 10.9 Å². The van der Waals surface area contributed by atoms with Crippen LogP contribution in [-0.4, -0.2) is 11.5 Å². The second-order valence-electron chi connectivity index (χ2n) is 5.83. The van der Waals surface area contributed by atoms with Crippen molar-refractivity contribution in [3.63, 3.8) is 0 Å². The summed E-state index contributed by atoms with van der Waals surface area (Å²) in [6.07, 6.45) is 0. The summed E-state index contributed by atoms with van der Waals surface area (Å²) in [5.74, 6) is 0.348. The van der Waals surface area contributed by atoms with Crippen molar-refractivity contribution in [3.8, 4) is 0 Å². The minimum Gasteiger partial charge on any atom is -0.353 e. The first-order valence-corrected chi connectivity index (χ1v) is 7.81. The lowest BCUT2D eigenvalue weighted by Gasteiger charge is -2.26. The molecule has 0 fully saturated rings. The molecular formula is C18H18ClN2+. The number of H-pyrrole nitrogens is 1. The van der Waals surface area contributed by atoms with Crippen molar-refractivity contribution in [1.82, 2.24) is 4.98 Å². The molecular weight excluding hydrogens is 280 g/mol. The minimum absolute atomic E-state index is 0.348. The molecule has 1 aliphatic heterocycles. The zero-order valence-electron chi connectivity index (χ0n) is 11.9. The molecule has 1 aliphatic rings. The van der Waals surface area contributed by atoms with E-state index in [4.69, 9.17) is 11.6 Å². The maximum atomic E-state index is 6.45. The molecule has 4 rings (SSSR count). The van der Waals surface area contributed by atoms with Gasteiger partial charge in [0.15, 0.2) is 0 Å². The summed E-state index contributed by atoms with van der Waals surface area (Å²) in [6, 6.07) is 17.3. The van der Waals surface area contributed by atoms with Gasteiger partial charge in [0.25, 0.3) is 0 Å². The van der Waals surface area contributed by atoms with Gasteiger partial charge in [-0.3, -0.25) is 0 Å². The maximum Gasteiger partial charge on any atom is 0.124 e. The van der Waals surface area contributed by atoms with Gasteiger partial charge in [-0.1, -0.05) is 48.0 Å². The molecule has 0 aliphatic carbocycles. The van der Waals surface area contributed by atoms with E-state index in [0.717, 1.165) is 11.6 Å². The Bertz CT molecular complexity index is 806. The first-order valence-electron chi connectivity index (χ1n) is 7.44. The monoisotopic (exact) mass is 297 g/mol. The fourth-order valence-electron chi connectivity index (χ4n) is 3.54. The van der Waals surface area contributed by atoms with E-state index in [1.54, 1.807) is 0 Å². The van der Waals surface area contributed by atoms with Crippen molar-refractivity contribution in [3.05, 3.63) is 70.4 Å². The molecule has 2 nitrogen and oxygen atoms in total. The highest BCUT2D eigenvalue weighted by Crippen LogP contribution is 2.39. The number of nitrogens with two attached hydrogens (primary N) is 1. The molecule has 1 aromatic heterocycles. The Hall–Kier alpha value is -1.77. The van der Waals surface area contributed by atoms with Gasteiger partial charge < -0.3 is 10.3 Å². The smallest absolute Gasteiger partial charge is 0.124 e. The van der Waals surface area contributed by atoms with Crippen LogP contribution in [0.1, 0.15) is 35.7 Å². The van der Waals surface area contributed by atoms with E-state index in [1.165, 1.54) is 27.7 Å². The number of nitrogens with one attached hydrogen (secondary N) is 1. The third kappa shape index (κ3) is 1.98. The van der Waals surface area contributed by atoms with Crippen molar-refractivity contribution in [2.75, 3.05) is 6.54 Å². The Balaban J connectivity index is 1.98. The number of hydrogen-bond acceptors (Lipinski definition) is 0. The Kier molecular flexibility index (Phi) is 3.02. The van der Waals surface area contributed by atoms with Crippen LogP contribution in [0.4, 0.5) is 0 Å². The van der Waals surface area contributed by atoms with Crippen molar-refractivity contribution < 1.29 is 5.32 Å². The zero-order chi connectivity index (χ0) is 14.4. The Morgan fingerprint density at radius 3 is 2.71 bits per heavy atom. The fraction of sp³-hybridized carbons (Fsp3) is 0.222. The molecule has 21 heavy (non-hydrogen) atoms. The van der Waals surface area contributed by atoms with Crippen LogP contribution in [-0.2, 0) is 0 Å². The average Bonchev–Trinajstić information content (AvgIpc) is 2.89. The van der Waals surface area contributed by atoms with Crippen molar-refractivity contribution in [1.29, 1.82) is 0 Å². The largest absolute Gasteiger partial charge is 0.353 e. The SMILES string of the molecule is C[C@@H]1[NH2+]C[C@@H](c2ccccc2Cl)c2c1[nH]c1ccccc21. The Morgan fingerprint density at radius 2 is 1.86 bits per heavy atom. The van der Waals surface area contributed by atoms with Gasteiger partial charge >= 0.3 is 0 Å². The van der Waals surface area contributed by atoms with Gasteiger partial charge in [-0.25, -0.2) is 0 Å². The molecule has 0 saturated heterocycles. The number of benzene rings is 2. The summed E-state index contributed by atoms with van der Waals surface area (Å²) in [7, 11) is 0. The van der Waals surface area contributed by atoms with E-state index in [-0.39, 0.29) is 0 Å². The molecule has 0 bridgehead atoms. The van der Waals surface area contributed by atoms with E-state index in [0.29, 0.717) is 12.0 Å². The second kappa shape index (κ2) is 4.90. The molecule has 0 spiro atoms. The van der Waals surface area contributed by atoms with Crippen LogP contribution in [0.15, 0.2) is 48.5 Å². The summed E-state index contributed by atoms with van der Waals surface area (Å²) in [5, 5.41) is 4.59. The number of halogens is 1. The fourth-order valence-corrected chi connectivity index (χ4v) is 3.80. The predicted molar refractivity (Wildman–Crippen MR) is 86.8 cm³/mol. The van der Waals surface area contributed by atoms with E-state index in [2.05, 4.69) is 53.6 Å². The third-order valence-corrected chi connectivity index (χ3v) is 4.93. The normalized spacial score (nSPS) is 21.4. The van der Waals surface area contributed by atoms with Crippen LogP contribution in [0, 0.1) is 0 Å². The van der Waals surface area contributed by atoms with Gasteiger partial charge in [0.05, 0.1) is 18.2 Å². The summed E-state index contributed by atoms with van der Waals surface area (Å²) in [5.41, 5.74) is 5.22. The first kappa shape index (κ1) is 12.9. The zero-order valence-corrected chi connectivity index (χ0v) is 12.7. The third-order valence-electron chi connectivity index (χ3n) is 4.59. The molecule has 0 saturated carbocycles. The number of aromatic nitrogens is 1. The van der Waals surface area contributed by atoms with E-state index in [1.807, 2.05) is 12.1 Å². The molecule has 3 heteroatoms. The molecule has 0 unspecified atom stereocenters. The summed E-state index contributed by atoms with van der Waals surface area (Å²) < 4.78 is 0. The minimum atomic E-state index is 0.348. The summed E-state index contributed by atoms with van der Waals surface area (Å²) in [6.45, 7) is 3.30. The van der Waals surface area contributed by atoms with Crippen molar-refractivity contribution in [2.24, 2.45) is 0 Å². The molecule has 3 aromatic rings. The highest BCUT2D eigenvalue weighted by Gasteiger charge is 2.33. The Labute approximate surface area is 129 Å². The van der Waals surface area contributed by atoms with E-state index < -0.39 is 0 Å². The lowest BCUT2D eigenvalue weighted by Crippen LogP contribution is -2.87. The number of fused-ring (bicyclic) bond motifs is 3. The number of rotatable bonds is 1. The Morgan fingerprint density at radius 1 is 1.10 bits per heavy atom. The van der Waals surface area contributed by atoms with Gasteiger partial charge in [0.2, 0.25) is 0 Å². The van der Waals surface area contributed by atoms with Crippen LogP contribution >= 0.6 is 11.6 Å². The molecule has 2 heterocycles. The quantitative estimate of drug-likeness (QED) is 0.688. The van der Waals surface area contributed by atoms with Gasteiger partial charge in [-0.2, -0.15) is 0 Å². The van der Waals surface area contributed by atoms with Crippen molar-refractivity contribution in [2.45, 2.75) is 18.9 Å². The summed E-state index contributed by atoms with van der Waals surface area (Å²) >= 11 is 6.45. The van der Waals surface area contributed by atoms with Gasteiger partial charge in [0, 0.05) is 15.9 Å². The molecule has 2 atom stereocenters. The lowest BCUT2D eigenvalue weighted by molar-refractivity contribution is -0.698. The highest BCUT2D eigenvalue weighted by atomic mass is 35.5. The number of hydrogen-bond donors (Lipinski definition) is 2. The molecule has 0 amide bonds. The number of quaternary nitrogens is 1. The average molecular weight is 298 g/mol. The molecule has 3 N–H and O–H groups in total. The van der Waals surface area contributed by atoms with Crippen molar-refractivity contribution >= 4 is 22.5 Å². The van der Waals surface area contributed by atoms with Gasteiger partial charge in [-0.05, 0) is 30.2 Å². The molecule has 106 valence electrons. The van der Waals surface area contributed by atoms with Gasteiger partial charge in [-0.15, -0.1) is 0 Å². The van der Waals surface area contributed by atoms with Crippen LogP contribution in [0.2, 0.25) is 5.02 Å². The molecule has 0 radical (unpaired) electrons. The van der Waals surface area contributed by atoms with Gasteiger partial charge in [0.1, 0.15) is 6.04 Å². The van der Waals surface area contributed by atoms with Crippen LogP contribution < -0.4 is 5.32 Å². The lowest BCUT2D eigenvalue weighted by atomic mass is 9.85. The standard InChI is InChI=1S/C18H17ClN2/c1-11-18-17(13-7-3-5-9-16(13)21-18)14(10-20-11)12-6-2-4-8-15(12)19/h2-9,11,14,20-21H,10H2,1H3/p+1/t11-,14-/m0/s1. The second-order valence-corrected chi connectivity index (χ2v) is 6.24. The number of aromatic amines is 1. The van der Waals surface area contributed by atoms with E-state index >= 15 is 0 Å². The molecule has 2 aromatic carbocycles. The summed E-state index contributed by atoms with van der Waals surface area (Å²) in [4.78, 5) is 3.61.